The first-order chi connectivity index (χ1) is 6.65. The van der Waals surface area contributed by atoms with E-state index in [2.05, 4.69) is 6.58 Å². The average Bonchev–Trinajstić information content (AvgIpc) is 2.18. The van der Waals surface area contributed by atoms with Gasteiger partial charge in [0, 0.05) is 5.75 Å². The van der Waals surface area contributed by atoms with Crippen molar-refractivity contribution in [2.45, 2.75) is 0 Å². The smallest absolute Gasteiger partial charge is 0.133 e. The van der Waals surface area contributed by atoms with E-state index in [1.54, 1.807) is 12.1 Å². The number of rotatable bonds is 3. The van der Waals surface area contributed by atoms with Gasteiger partial charge >= 0.3 is 0 Å². The molecule has 0 spiro atoms. The molecule has 1 rings (SSSR count). The molecule has 0 amide bonds. The number of hydrogen-bond acceptors (Lipinski definition) is 2. The second kappa shape index (κ2) is 5.31. The Labute approximate surface area is 97.3 Å². The first-order valence-corrected chi connectivity index (χ1v) is 5.53. The SMILES string of the molecule is C=C(CSC#N)c1ccc(Cl)c(Cl)c1. The van der Waals surface area contributed by atoms with Crippen LogP contribution in [0.25, 0.3) is 5.57 Å². The normalized spacial score (nSPS) is 9.50. The number of nitriles is 1. The lowest BCUT2D eigenvalue weighted by atomic mass is 10.1. The first kappa shape index (κ1) is 11.5. The van der Waals surface area contributed by atoms with Crippen LogP contribution < -0.4 is 0 Å². The maximum Gasteiger partial charge on any atom is 0.133 e. The molecule has 0 aromatic heterocycles. The number of thioether (sulfide) groups is 1. The number of nitrogens with zero attached hydrogens (tertiary/aromatic N) is 1. The monoisotopic (exact) mass is 243 g/mol. The summed E-state index contributed by atoms with van der Waals surface area (Å²) in [6.45, 7) is 3.86. The standard InChI is InChI=1S/C10H7Cl2NS/c1-7(5-14-6-13)8-2-3-9(11)10(12)4-8/h2-4H,1,5H2. The maximum atomic E-state index is 8.39. The van der Waals surface area contributed by atoms with E-state index in [0.717, 1.165) is 22.9 Å². The van der Waals surface area contributed by atoms with Crippen molar-refractivity contribution in [1.29, 1.82) is 5.26 Å². The van der Waals surface area contributed by atoms with E-state index < -0.39 is 0 Å². The molecule has 0 aliphatic heterocycles. The van der Waals surface area contributed by atoms with E-state index in [9.17, 15) is 0 Å². The molecule has 0 unspecified atom stereocenters. The third kappa shape index (κ3) is 2.95. The van der Waals surface area contributed by atoms with E-state index in [1.165, 1.54) is 0 Å². The number of halogens is 2. The molecule has 0 fully saturated rings. The highest BCUT2D eigenvalue weighted by Gasteiger charge is 2.02. The third-order valence-corrected chi connectivity index (χ3v) is 3.00. The fourth-order valence-corrected chi connectivity index (χ4v) is 1.62. The number of benzene rings is 1. The van der Waals surface area contributed by atoms with Crippen molar-refractivity contribution >= 4 is 40.5 Å². The van der Waals surface area contributed by atoms with Crippen molar-refractivity contribution in [2.24, 2.45) is 0 Å². The Bertz CT molecular complexity index is 396. The lowest BCUT2D eigenvalue weighted by Crippen LogP contribution is -1.85. The molecule has 0 aliphatic carbocycles. The average molecular weight is 244 g/mol. The van der Waals surface area contributed by atoms with Gasteiger partial charge < -0.3 is 0 Å². The molecule has 1 nitrogen and oxygen atoms in total. The van der Waals surface area contributed by atoms with Crippen LogP contribution in [-0.2, 0) is 0 Å². The molecular formula is C10H7Cl2NS. The summed E-state index contributed by atoms with van der Waals surface area (Å²) in [5.41, 5.74) is 1.79. The van der Waals surface area contributed by atoms with Crippen molar-refractivity contribution in [1.82, 2.24) is 0 Å². The Morgan fingerprint density at radius 1 is 1.43 bits per heavy atom. The first-order valence-electron chi connectivity index (χ1n) is 3.79. The Morgan fingerprint density at radius 3 is 2.71 bits per heavy atom. The van der Waals surface area contributed by atoms with Crippen LogP contribution in [-0.4, -0.2) is 5.75 Å². The van der Waals surface area contributed by atoms with E-state index in [1.807, 2.05) is 11.5 Å². The zero-order chi connectivity index (χ0) is 10.6. The summed E-state index contributed by atoms with van der Waals surface area (Å²) in [4.78, 5) is 0. The summed E-state index contributed by atoms with van der Waals surface area (Å²) < 4.78 is 0. The number of thiocyanates is 1. The summed E-state index contributed by atoms with van der Waals surface area (Å²) in [6, 6.07) is 5.32. The quantitative estimate of drug-likeness (QED) is 0.743. The summed E-state index contributed by atoms with van der Waals surface area (Å²) in [5, 5.41) is 11.4. The molecule has 0 N–H and O–H groups in total. The van der Waals surface area contributed by atoms with Gasteiger partial charge in [0.2, 0.25) is 0 Å². The second-order valence-corrected chi connectivity index (χ2v) is 4.19. The van der Waals surface area contributed by atoms with Crippen LogP contribution in [0.1, 0.15) is 5.56 Å². The van der Waals surface area contributed by atoms with Crippen molar-refractivity contribution < 1.29 is 0 Å². The summed E-state index contributed by atoms with van der Waals surface area (Å²) in [5.74, 6) is 0.578. The molecule has 72 valence electrons. The van der Waals surface area contributed by atoms with Gasteiger partial charge in [0.15, 0.2) is 0 Å². The zero-order valence-corrected chi connectivity index (χ0v) is 9.59. The number of hydrogen-bond donors (Lipinski definition) is 0. The van der Waals surface area contributed by atoms with Crippen LogP contribution in [0.15, 0.2) is 24.8 Å². The Morgan fingerprint density at radius 2 is 2.14 bits per heavy atom. The lowest BCUT2D eigenvalue weighted by Gasteiger charge is -2.04. The summed E-state index contributed by atoms with van der Waals surface area (Å²) >= 11 is 12.8. The van der Waals surface area contributed by atoms with Gasteiger partial charge in [0.25, 0.3) is 0 Å². The highest BCUT2D eigenvalue weighted by atomic mass is 35.5. The molecule has 0 saturated heterocycles. The molecule has 0 heterocycles. The van der Waals surface area contributed by atoms with Crippen molar-refractivity contribution in [2.75, 3.05) is 5.75 Å². The van der Waals surface area contributed by atoms with Crippen molar-refractivity contribution in [3.05, 3.63) is 40.4 Å². The topological polar surface area (TPSA) is 23.8 Å². The van der Waals surface area contributed by atoms with Gasteiger partial charge in [-0.15, -0.1) is 0 Å². The Hall–Kier alpha value is -0.620. The fraction of sp³-hybridized carbons (Fsp3) is 0.100. The van der Waals surface area contributed by atoms with E-state index >= 15 is 0 Å². The van der Waals surface area contributed by atoms with Crippen molar-refractivity contribution in [3.63, 3.8) is 0 Å². The van der Waals surface area contributed by atoms with Crippen LogP contribution in [0.4, 0.5) is 0 Å². The minimum Gasteiger partial charge on any atom is -0.185 e. The zero-order valence-electron chi connectivity index (χ0n) is 7.26. The van der Waals surface area contributed by atoms with Crippen LogP contribution in [0, 0.1) is 10.7 Å². The van der Waals surface area contributed by atoms with Crippen LogP contribution >= 0.6 is 35.0 Å². The van der Waals surface area contributed by atoms with Crippen LogP contribution in [0.3, 0.4) is 0 Å². The van der Waals surface area contributed by atoms with E-state index in [0.29, 0.717) is 15.8 Å². The highest BCUT2D eigenvalue weighted by Crippen LogP contribution is 2.26. The predicted molar refractivity (Wildman–Crippen MR) is 63.6 cm³/mol. The van der Waals surface area contributed by atoms with Gasteiger partial charge in [-0.05, 0) is 35.0 Å². The fourth-order valence-electron chi connectivity index (χ4n) is 0.919. The minimum atomic E-state index is 0.507. The molecule has 14 heavy (non-hydrogen) atoms. The molecule has 0 aliphatic rings. The Kier molecular flexibility index (Phi) is 4.34. The molecule has 0 saturated carbocycles. The molecule has 0 radical (unpaired) electrons. The summed E-state index contributed by atoms with van der Waals surface area (Å²) in [7, 11) is 0. The van der Waals surface area contributed by atoms with Crippen LogP contribution in [0.2, 0.25) is 10.0 Å². The highest BCUT2D eigenvalue weighted by molar-refractivity contribution is 8.04. The van der Waals surface area contributed by atoms with Gasteiger partial charge in [-0.3, -0.25) is 0 Å². The van der Waals surface area contributed by atoms with Gasteiger partial charge in [-0.1, -0.05) is 35.8 Å². The van der Waals surface area contributed by atoms with Gasteiger partial charge in [-0.2, -0.15) is 5.26 Å². The van der Waals surface area contributed by atoms with E-state index in [-0.39, 0.29) is 0 Å². The van der Waals surface area contributed by atoms with Crippen LogP contribution in [0.5, 0.6) is 0 Å². The molecule has 1 aromatic carbocycles. The molecule has 1 aromatic rings. The molecule has 4 heteroatoms. The van der Waals surface area contributed by atoms with Gasteiger partial charge in [0.1, 0.15) is 5.40 Å². The third-order valence-electron chi connectivity index (χ3n) is 1.64. The van der Waals surface area contributed by atoms with E-state index in [4.69, 9.17) is 28.5 Å². The van der Waals surface area contributed by atoms with Crippen molar-refractivity contribution in [3.8, 4) is 5.40 Å². The summed E-state index contributed by atoms with van der Waals surface area (Å²) in [6.07, 6.45) is 0. The molecule has 0 bridgehead atoms. The maximum absolute atomic E-state index is 8.39. The minimum absolute atomic E-state index is 0.507. The second-order valence-electron chi connectivity index (χ2n) is 2.61. The predicted octanol–water partition coefficient (Wildman–Crippen LogP) is 4.22. The molecule has 0 atom stereocenters. The van der Waals surface area contributed by atoms with Gasteiger partial charge in [0.05, 0.1) is 10.0 Å². The largest absolute Gasteiger partial charge is 0.185 e. The van der Waals surface area contributed by atoms with Gasteiger partial charge in [-0.25, -0.2) is 0 Å². The Balaban J connectivity index is 2.82. The molecular weight excluding hydrogens is 237 g/mol. The lowest BCUT2D eigenvalue weighted by molar-refractivity contribution is 1.56.